The minimum Gasteiger partial charge on any atom is -0.396 e. The molecule has 4 saturated heterocycles. The van der Waals surface area contributed by atoms with Crippen LogP contribution in [0, 0.1) is 11.8 Å². The van der Waals surface area contributed by atoms with E-state index < -0.39 is 22.6 Å². The first kappa shape index (κ1) is 30.6. The minimum absolute atomic E-state index is 0.0240. The molecule has 6 atom stereocenters. The summed E-state index contributed by atoms with van der Waals surface area (Å²) in [6.45, 7) is 15.7. The molecule has 4 aliphatic rings. The van der Waals surface area contributed by atoms with Gasteiger partial charge >= 0.3 is 0 Å². The number of thioether (sulfide) groups is 1. The number of carbonyl (C=O) groups is 3. The van der Waals surface area contributed by atoms with Crippen LogP contribution in [0.25, 0.3) is 0 Å². The number of carbonyl (C=O) groups excluding carboxylic acids is 3. The van der Waals surface area contributed by atoms with E-state index in [0.717, 1.165) is 26.1 Å². The number of amides is 3. The van der Waals surface area contributed by atoms with Gasteiger partial charge in [0, 0.05) is 69.0 Å². The van der Waals surface area contributed by atoms with Crippen LogP contribution in [0.5, 0.6) is 0 Å². The molecule has 3 unspecified atom stereocenters. The van der Waals surface area contributed by atoms with E-state index in [4.69, 9.17) is 4.74 Å². The van der Waals surface area contributed by atoms with Gasteiger partial charge in [0.25, 0.3) is 0 Å². The van der Waals surface area contributed by atoms with E-state index in [-0.39, 0.29) is 34.4 Å². The second-order valence-corrected chi connectivity index (χ2v) is 13.6. The van der Waals surface area contributed by atoms with Gasteiger partial charge in [-0.05, 0) is 19.3 Å². The lowest BCUT2D eigenvalue weighted by Crippen LogP contribution is -2.57. The highest BCUT2D eigenvalue weighted by Gasteiger charge is 2.75. The van der Waals surface area contributed by atoms with Gasteiger partial charge < -0.3 is 24.5 Å². The van der Waals surface area contributed by atoms with Gasteiger partial charge in [-0.2, -0.15) is 0 Å². The van der Waals surface area contributed by atoms with Crippen molar-refractivity contribution in [1.82, 2.24) is 19.6 Å². The predicted molar refractivity (Wildman–Crippen MR) is 157 cm³/mol. The van der Waals surface area contributed by atoms with Crippen molar-refractivity contribution >= 4 is 45.4 Å². The van der Waals surface area contributed by atoms with Gasteiger partial charge in [-0.25, -0.2) is 0 Å². The zero-order valence-electron chi connectivity index (χ0n) is 23.0. The van der Waals surface area contributed by atoms with Crippen LogP contribution >= 0.6 is 27.7 Å². The Hall–Kier alpha value is -1.40. The third-order valence-electron chi connectivity index (χ3n) is 8.47. The fraction of sp³-hybridized carbons (Fsp3) is 0.750. The van der Waals surface area contributed by atoms with Gasteiger partial charge in [0.2, 0.25) is 17.7 Å². The minimum atomic E-state index is -0.687. The summed E-state index contributed by atoms with van der Waals surface area (Å²) in [4.78, 5) is 50.2. The molecule has 2 bridgehead atoms. The molecule has 0 aromatic carbocycles. The fourth-order valence-electron chi connectivity index (χ4n) is 6.81. The van der Waals surface area contributed by atoms with Crippen molar-refractivity contribution in [1.29, 1.82) is 0 Å². The number of rotatable bonds is 14. The fourth-order valence-corrected chi connectivity index (χ4v) is 10.4. The zero-order valence-corrected chi connectivity index (χ0v) is 25.4. The smallest absolute Gasteiger partial charge is 0.247 e. The van der Waals surface area contributed by atoms with Crippen LogP contribution in [0.3, 0.4) is 0 Å². The third-order valence-corrected chi connectivity index (χ3v) is 11.7. The van der Waals surface area contributed by atoms with Gasteiger partial charge in [-0.15, -0.1) is 24.9 Å². The van der Waals surface area contributed by atoms with Gasteiger partial charge in [-0.3, -0.25) is 19.3 Å². The van der Waals surface area contributed by atoms with Crippen molar-refractivity contribution < 1.29 is 24.2 Å². The van der Waals surface area contributed by atoms with Crippen LogP contribution in [-0.2, 0) is 19.1 Å². The Bertz CT molecular complexity index is 934. The number of ether oxygens (including phenoxy) is 1. The van der Waals surface area contributed by atoms with E-state index in [1.165, 1.54) is 0 Å². The lowest BCUT2D eigenvalue weighted by atomic mass is 9.70. The molecule has 3 amide bonds. The molecule has 11 heteroatoms. The Labute approximate surface area is 245 Å². The van der Waals surface area contributed by atoms with Crippen LogP contribution in [-0.4, -0.2) is 135 Å². The molecule has 0 saturated carbocycles. The van der Waals surface area contributed by atoms with Crippen molar-refractivity contribution in [3.05, 3.63) is 25.3 Å². The number of hydrogen-bond acceptors (Lipinski definition) is 7. The van der Waals surface area contributed by atoms with Crippen LogP contribution in [0.15, 0.2) is 25.3 Å². The number of fused-ring (bicyclic) bond motifs is 1. The Morgan fingerprint density at radius 1 is 1.15 bits per heavy atom. The Morgan fingerprint density at radius 2 is 1.82 bits per heavy atom. The molecular weight excluding hydrogens is 584 g/mol. The molecule has 218 valence electrons. The summed E-state index contributed by atoms with van der Waals surface area (Å²) < 4.78 is 4.78. The van der Waals surface area contributed by atoms with Crippen molar-refractivity contribution in [2.45, 2.75) is 47.1 Å². The van der Waals surface area contributed by atoms with E-state index in [2.05, 4.69) is 34.0 Å². The summed E-state index contributed by atoms with van der Waals surface area (Å²) in [5.41, 5.74) is 0. The summed E-state index contributed by atoms with van der Waals surface area (Å²) in [5, 5.41) is 9.54. The van der Waals surface area contributed by atoms with Gasteiger partial charge in [0.15, 0.2) is 0 Å². The molecule has 0 aromatic heterocycles. The molecule has 0 aromatic rings. The van der Waals surface area contributed by atoms with Crippen LogP contribution in [0.4, 0.5) is 0 Å². The monoisotopic (exact) mass is 626 g/mol. The largest absolute Gasteiger partial charge is 0.396 e. The topological polar surface area (TPSA) is 93.6 Å². The number of halogens is 1. The van der Waals surface area contributed by atoms with Crippen molar-refractivity contribution in [3.63, 3.8) is 0 Å². The molecule has 9 nitrogen and oxygen atoms in total. The second kappa shape index (κ2) is 13.5. The summed E-state index contributed by atoms with van der Waals surface area (Å²) in [6, 6.07) is -0.682. The summed E-state index contributed by atoms with van der Waals surface area (Å²) in [6.07, 6.45) is 5.31. The number of nitrogens with zero attached hydrogens (tertiary/aromatic N) is 4. The van der Waals surface area contributed by atoms with Crippen LogP contribution in [0.2, 0.25) is 0 Å². The lowest BCUT2D eigenvalue weighted by molar-refractivity contribution is -0.144. The number of likely N-dealkylation sites (tertiary alicyclic amines) is 1. The SMILES string of the molecule is C=CCN(CCN1CCOCC1)C(=O)C1N(CCCO)C(=O)[C@@H]2[C@H](C(=O)N(CC=C)CCC)[C@H]3SC12CC3Br. The molecular formula is C28H43BrN4O5S. The number of alkyl halides is 1. The van der Waals surface area contributed by atoms with Gasteiger partial charge in [-0.1, -0.05) is 35.0 Å². The number of morpholine rings is 1. The highest BCUT2D eigenvalue weighted by molar-refractivity contribution is 9.09. The first-order valence-corrected chi connectivity index (χ1v) is 16.0. The van der Waals surface area contributed by atoms with Crippen molar-refractivity contribution in [2.75, 3.05) is 72.2 Å². The molecule has 0 aliphatic carbocycles. The summed E-state index contributed by atoms with van der Waals surface area (Å²) in [5.74, 6) is -1.30. The van der Waals surface area contributed by atoms with E-state index >= 15 is 0 Å². The quantitative estimate of drug-likeness (QED) is 0.231. The first-order valence-electron chi connectivity index (χ1n) is 14.2. The Balaban J connectivity index is 1.66. The highest BCUT2D eigenvalue weighted by Crippen LogP contribution is 2.68. The molecule has 1 spiro atoms. The van der Waals surface area contributed by atoms with Crippen molar-refractivity contribution in [3.8, 4) is 0 Å². The maximum Gasteiger partial charge on any atom is 0.247 e. The number of hydrogen-bond donors (Lipinski definition) is 1. The lowest BCUT2D eigenvalue weighted by Gasteiger charge is -2.39. The third kappa shape index (κ3) is 5.84. The summed E-state index contributed by atoms with van der Waals surface area (Å²) >= 11 is 5.50. The average Bonchev–Trinajstić information content (AvgIpc) is 3.52. The van der Waals surface area contributed by atoms with Crippen molar-refractivity contribution in [2.24, 2.45) is 11.8 Å². The van der Waals surface area contributed by atoms with Crippen LogP contribution < -0.4 is 0 Å². The summed E-state index contributed by atoms with van der Waals surface area (Å²) in [7, 11) is 0. The normalized spacial score (nSPS) is 31.8. The maximum atomic E-state index is 14.4. The molecule has 4 fully saturated rings. The molecule has 39 heavy (non-hydrogen) atoms. The molecule has 4 heterocycles. The van der Waals surface area contributed by atoms with E-state index in [1.54, 1.807) is 33.7 Å². The number of aliphatic hydroxyl groups excluding tert-OH is 1. The van der Waals surface area contributed by atoms with Crippen LogP contribution in [0.1, 0.15) is 26.2 Å². The van der Waals surface area contributed by atoms with Gasteiger partial charge in [0.1, 0.15) is 6.04 Å². The molecule has 4 aliphatic heterocycles. The van der Waals surface area contributed by atoms with E-state index in [9.17, 15) is 19.5 Å². The number of aliphatic hydroxyl groups is 1. The van der Waals surface area contributed by atoms with Gasteiger partial charge in [0.05, 0.1) is 29.8 Å². The van der Waals surface area contributed by atoms with E-state index in [1.807, 2.05) is 11.8 Å². The van der Waals surface area contributed by atoms with E-state index in [0.29, 0.717) is 58.8 Å². The second-order valence-electron chi connectivity index (χ2n) is 10.9. The molecule has 0 radical (unpaired) electrons. The molecule has 4 rings (SSSR count). The standard InChI is InChI=1S/C28H43BrN4O5S/c1-4-8-31(9-5-2)25(35)21-22-26(36)33(11-7-16-34)24(28(22)19-20(29)23(21)39-28)27(37)32(10-6-3)13-12-30-14-17-38-18-15-30/h4,6,20-24,34H,1,3,5,7-19H2,2H3/t20?,21-,22-,23-,24?,28?/m0/s1. The Kier molecular flexibility index (Phi) is 10.6. The maximum absolute atomic E-state index is 14.4. The predicted octanol–water partition coefficient (Wildman–Crippen LogP) is 1.60. The molecule has 1 N–H and O–H groups in total. The zero-order chi connectivity index (χ0) is 28.2. The first-order chi connectivity index (χ1) is 18.8. The highest BCUT2D eigenvalue weighted by atomic mass is 79.9. The average molecular weight is 628 g/mol. The Morgan fingerprint density at radius 3 is 2.44 bits per heavy atom.